The number of carbonyl (C=O) groups is 1. The van der Waals surface area contributed by atoms with Crippen molar-refractivity contribution in [2.24, 2.45) is 5.10 Å². The number of para-hydroxylation sites is 1. The van der Waals surface area contributed by atoms with Crippen molar-refractivity contribution in [1.29, 1.82) is 0 Å². The van der Waals surface area contributed by atoms with E-state index in [0.29, 0.717) is 12.2 Å². The lowest BCUT2D eigenvalue weighted by molar-refractivity contribution is 0.0955. The number of ether oxygens (including phenoxy) is 1. The van der Waals surface area contributed by atoms with Crippen LogP contribution in [0.3, 0.4) is 0 Å². The molecule has 4 aromatic rings. The van der Waals surface area contributed by atoms with Crippen LogP contribution in [0.15, 0.2) is 88.6 Å². The summed E-state index contributed by atoms with van der Waals surface area (Å²) in [5, 5.41) is 5.27. The second-order valence-electron chi connectivity index (χ2n) is 7.01. The Morgan fingerprint density at radius 2 is 1.81 bits per heavy atom. The third kappa shape index (κ3) is 5.03. The van der Waals surface area contributed by atoms with Crippen LogP contribution in [0.4, 0.5) is 0 Å². The molecule has 0 spiro atoms. The van der Waals surface area contributed by atoms with Gasteiger partial charge in [-0.2, -0.15) is 5.10 Å². The highest BCUT2D eigenvalue weighted by Gasteiger charge is 2.08. The van der Waals surface area contributed by atoms with Crippen molar-refractivity contribution in [2.45, 2.75) is 13.5 Å². The molecule has 3 aromatic carbocycles. The summed E-state index contributed by atoms with van der Waals surface area (Å²) in [7, 11) is 0. The zero-order valence-corrected chi connectivity index (χ0v) is 18.7. The number of aromatic nitrogens is 1. The number of benzene rings is 3. The summed E-state index contributed by atoms with van der Waals surface area (Å²) in [4.78, 5) is 12.4. The molecule has 0 saturated carbocycles. The van der Waals surface area contributed by atoms with E-state index in [-0.39, 0.29) is 5.91 Å². The molecule has 0 atom stereocenters. The standard InChI is InChI=1S/C25H22BrN3O2/c1-2-31-22-13-9-19(10-14-22)25(30)28-27-15-20-17-29(24-6-4-3-5-23(20)24)16-18-7-11-21(26)12-8-18/h3-15,17H,2,16H2,1H3,(H,28,30)/b27-15-. The molecule has 0 aliphatic heterocycles. The molecule has 0 radical (unpaired) electrons. The van der Waals surface area contributed by atoms with Gasteiger partial charge < -0.3 is 9.30 Å². The second kappa shape index (κ2) is 9.62. The first-order valence-electron chi connectivity index (χ1n) is 10.0. The average molecular weight is 476 g/mol. The van der Waals surface area contributed by atoms with E-state index >= 15 is 0 Å². The van der Waals surface area contributed by atoms with Crippen molar-refractivity contribution >= 4 is 39.0 Å². The maximum Gasteiger partial charge on any atom is 0.271 e. The number of fused-ring (bicyclic) bond motifs is 1. The number of hydrazone groups is 1. The van der Waals surface area contributed by atoms with E-state index in [9.17, 15) is 4.79 Å². The van der Waals surface area contributed by atoms with E-state index in [1.807, 2.05) is 31.2 Å². The lowest BCUT2D eigenvalue weighted by atomic mass is 10.2. The molecule has 1 aromatic heterocycles. The summed E-state index contributed by atoms with van der Waals surface area (Å²) in [5.74, 6) is 0.471. The van der Waals surface area contributed by atoms with Crippen molar-refractivity contribution in [3.63, 3.8) is 0 Å². The molecule has 0 aliphatic carbocycles. The minimum atomic E-state index is -0.266. The third-order valence-corrected chi connectivity index (χ3v) is 5.41. The summed E-state index contributed by atoms with van der Waals surface area (Å²) < 4.78 is 8.65. The molecule has 156 valence electrons. The first kappa shape index (κ1) is 20.9. The number of hydrogen-bond donors (Lipinski definition) is 1. The Hall–Kier alpha value is -3.38. The fourth-order valence-electron chi connectivity index (χ4n) is 3.39. The van der Waals surface area contributed by atoms with E-state index in [1.54, 1.807) is 30.5 Å². The fraction of sp³-hybridized carbons (Fsp3) is 0.120. The number of halogens is 1. The van der Waals surface area contributed by atoms with Gasteiger partial charge in [-0.25, -0.2) is 5.43 Å². The number of nitrogens with one attached hydrogen (secondary N) is 1. The smallest absolute Gasteiger partial charge is 0.271 e. The molecule has 0 aliphatic rings. The van der Waals surface area contributed by atoms with Gasteiger partial charge in [-0.05, 0) is 55.0 Å². The Bertz CT molecular complexity index is 1210. The first-order chi connectivity index (χ1) is 15.1. The highest BCUT2D eigenvalue weighted by Crippen LogP contribution is 2.22. The number of rotatable bonds is 7. The predicted molar refractivity (Wildman–Crippen MR) is 128 cm³/mol. The van der Waals surface area contributed by atoms with Crippen LogP contribution in [-0.2, 0) is 6.54 Å². The van der Waals surface area contributed by atoms with E-state index < -0.39 is 0 Å². The fourth-order valence-corrected chi connectivity index (χ4v) is 3.65. The molecule has 4 rings (SSSR count). The van der Waals surface area contributed by atoms with Gasteiger partial charge in [0.1, 0.15) is 5.75 Å². The van der Waals surface area contributed by atoms with Gasteiger partial charge in [0.05, 0.1) is 12.8 Å². The van der Waals surface area contributed by atoms with Crippen LogP contribution in [0.1, 0.15) is 28.4 Å². The van der Waals surface area contributed by atoms with Crippen molar-refractivity contribution in [1.82, 2.24) is 9.99 Å². The van der Waals surface area contributed by atoms with Gasteiger partial charge in [-0.15, -0.1) is 0 Å². The van der Waals surface area contributed by atoms with Crippen LogP contribution in [-0.4, -0.2) is 23.3 Å². The summed E-state index contributed by atoms with van der Waals surface area (Å²) in [5.41, 5.74) is 6.39. The van der Waals surface area contributed by atoms with Crippen molar-refractivity contribution in [3.8, 4) is 5.75 Å². The quantitative estimate of drug-likeness (QED) is 0.278. The second-order valence-corrected chi connectivity index (χ2v) is 7.93. The van der Waals surface area contributed by atoms with Crippen molar-refractivity contribution in [2.75, 3.05) is 6.61 Å². The predicted octanol–water partition coefficient (Wildman–Crippen LogP) is 5.61. The Kier molecular flexibility index (Phi) is 6.48. The number of nitrogens with zero attached hydrogens (tertiary/aromatic N) is 2. The number of amides is 1. The minimum absolute atomic E-state index is 0.266. The number of hydrogen-bond acceptors (Lipinski definition) is 3. The maximum atomic E-state index is 12.4. The molecule has 1 N–H and O–H groups in total. The largest absolute Gasteiger partial charge is 0.494 e. The average Bonchev–Trinajstić information content (AvgIpc) is 3.13. The van der Waals surface area contributed by atoms with Crippen molar-refractivity contribution < 1.29 is 9.53 Å². The highest BCUT2D eigenvalue weighted by atomic mass is 79.9. The molecule has 0 unspecified atom stereocenters. The molecular formula is C25H22BrN3O2. The van der Waals surface area contributed by atoms with Gasteiger partial charge in [-0.3, -0.25) is 4.79 Å². The topological polar surface area (TPSA) is 55.6 Å². The van der Waals surface area contributed by atoms with Gasteiger partial charge >= 0.3 is 0 Å². The Balaban J connectivity index is 1.50. The summed E-state index contributed by atoms with van der Waals surface area (Å²) in [6.07, 6.45) is 3.74. The number of carbonyl (C=O) groups excluding carboxylic acids is 1. The van der Waals surface area contributed by atoms with Crippen molar-refractivity contribution in [3.05, 3.63) is 100 Å². The molecular weight excluding hydrogens is 454 g/mol. The van der Waals surface area contributed by atoms with Crippen LogP contribution in [0.2, 0.25) is 0 Å². The van der Waals surface area contributed by atoms with E-state index in [1.165, 1.54) is 5.56 Å². The van der Waals surface area contributed by atoms with Crippen LogP contribution in [0.5, 0.6) is 5.75 Å². The highest BCUT2D eigenvalue weighted by molar-refractivity contribution is 9.10. The van der Waals surface area contributed by atoms with Crippen LogP contribution in [0, 0.1) is 0 Å². The lowest BCUT2D eigenvalue weighted by Gasteiger charge is -2.05. The van der Waals surface area contributed by atoms with Crippen LogP contribution < -0.4 is 10.2 Å². The summed E-state index contributed by atoms with van der Waals surface area (Å²) >= 11 is 3.48. The van der Waals surface area contributed by atoms with Gasteiger partial charge in [0, 0.05) is 39.2 Å². The van der Waals surface area contributed by atoms with Crippen LogP contribution >= 0.6 is 15.9 Å². The minimum Gasteiger partial charge on any atom is -0.494 e. The monoisotopic (exact) mass is 475 g/mol. The first-order valence-corrected chi connectivity index (χ1v) is 10.8. The van der Waals surface area contributed by atoms with E-state index in [0.717, 1.165) is 33.2 Å². The van der Waals surface area contributed by atoms with Crippen LogP contribution in [0.25, 0.3) is 10.9 Å². The SMILES string of the molecule is CCOc1ccc(C(=O)N/N=C\c2cn(Cc3ccc(Br)cc3)c3ccccc23)cc1. The molecule has 0 saturated heterocycles. The van der Waals surface area contributed by atoms with Gasteiger partial charge in [0.2, 0.25) is 0 Å². The summed E-state index contributed by atoms with van der Waals surface area (Å²) in [6.45, 7) is 3.26. The van der Waals surface area contributed by atoms with E-state index in [2.05, 4.69) is 61.5 Å². The molecule has 1 heterocycles. The zero-order valence-electron chi connectivity index (χ0n) is 17.1. The molecule has 1 amide bonds. The third-order valence-electron chi connectivity index (χ3n) is 4.88. The van der Waals surface area contributed by atoms with E-state index in [4.69, 9.17) is 4.74 Å². The lowest BCUT2D eigenvalue weighted by Crippen LogP contribution is -2.17. The van der Waals surface area contributed by atoms with Gasteiger partial charge in [0.15, 0.2) is 0 Å². The molecule has 31 heavy (non-hydrogen) atoms. The summed E-state index contributed by atoms with van der Waals surface area (Å²) in [6, 6.07) is 23.5. The molecule has 0 fully saturated rings. The zero-order chi connectivity index (χ0) is 21.6. The Labute approximate surface area is 189 Å². The molecule has 5 nitrogen and oxygen atoms in total. The van der Waals surface area contributed by atoms with Gasteiger partial charge in [-0.1, -0.05) is 46.3 Å². The Morgan fingerprint density at radius 3 is 2.55 bits per heavy atom. The normalized spacial score (nSPS) is 11.2. The maximum absolute atomic E-state index is 12.4. The molecule has 0 bridgehead atoms. The Morgan fingerprint density at radius 1 is 1.06 bits per heavy atom. The van der Waals surface area contributed by atoms with Gasteiger partial charge in [0.25, 0.3) is 5.91 Å². The molecule has 6 heteroatoms.